The highest BCUT2D eigenvalue weighted by atomic mass is 16.5. The molecule has 0 aliphatic heterocycles. The van der Waals surface area contributed by atoms with Gasteiger partial charge < -0.3 is 19.7 Å². The molecule has 2 aromatic heterocycles. The number of rotatable bonds is 45. The number of benzene rings is 2. The Labute approximate surface area is 600 Å². The van der Waals surface area contributed by atoms with Gasteiger partial charge in [-0.3, -0.25) is 18.7 Å². The summed E-state index contributed by atoms with van der Waals surface area (Å²) in [4.78, 5) is 55.6. The van der Waals surface area contributed by atoms with Crippen molar-refractivity contribution in [1.29, 1.82) is 10.5 Å². The summed E-state index contributed by atoms with van der Waals surface area (Å²) in [6.45, 7) is 21.4. The number of aromatic hydroxyl groups is 2. The van der Waals surface area contributed by atoms with E-state index in [-0.39, 0.29) is 105 Å². The van der Waals surface area contributed by atoms with Crippen LogP contribution in [0.15, 0.2) is 78.6 Å². The van der Waals surface area contributed by atoms with Crippen molar-refractivity contribution in [1.82, 2.24) is 9.13 Å². The zero-order valence-corrected chi connectivity index (χ0v) is 63.2. The second kappa shape index (κ2) is 44.4. The van der Waals surface area contributed by atoms with Gasteiger partial charge in [0.1, 0.15) is 35.7 Å². The first kappa shape index (κ1) is 82.0. The van der Waals surface area contributed by atoms with Crippen molar-refractivity contribution in [2.75, 3.05) is 0 Å². The summed E-state index contributed by atoms with van der Waals surface area (Å²) in [7, 11) is 0. The molecule has 2 fully saturated rings. The third-order valence-corrected chi connectivity index (χ3v) is 22.2. The molecule has 0 spiro atoms. The van der Waals surface area contributed by atoms with Gasteiger partial charge in [-0.05, 0) is 124 Å². The molecule has 0 amide bonds. The predicted octanol–water partition coefficient (Wildman–Crippen LogP) is 23.5. The third kappa shape index (κ3) is 25.2. The van der Waals surface area contributed by atoms with Gasteiger partial charge in [0.2, 0.25) is 0 Å². The lowest BCUT2D eigenvalue weighted by atomic mass is 9.75. The van der Waals surface area contributed by atoms with Crippen LogP contribution in [0.5, 0.6) is 11.8 Å². The molecule has 2 saturated carbocycles. The van der Waals surface area contributed by atoms with Crippen molar-refractivity contribution < 1.29 is 29.3 Å². The Morgan fingerprint density at radius 2 is 0.790 bits per heavy atom. The molecule has 2 heterocycles. The molecular formula is C84H126N8O8. The van der Waals surface area contributed by atoms with Crippen LogP contribution in [0.25, 0.3) is 0 Å². The Hall–Kier alpha value is -6.94. The maximum atomic E-state index is 14.1. The zero-order valence-electron chi connectivity index (χ0n) is 63.2. The minimum absolute atomic E-state index is 0.0430. The molecule has 2 aliphatic rings. The Bertz CT molecular complexity index is 3200. The number of hydrogen-bond acceptors (Lipinski definition) is 14. The van der Waals surface area contributed by atoms with Gasteiger partial charge in [0.05, 0.1) is 22.3 Å². The number of nitriles is 2. The van der Waals surface area contributed by atoms with Crippen LogP contribution in [0, 0.1) is 83.9 Å². The summed E-state index contributed by atoms with van der Waals surface area (Å²) in [5.41, 5.74) is -0.102. The molecule has 2 aromatic carbocycles. The lowest BCUT2D eigenvalue weighted by Gasteiger charge is -2.36. The summed E-state index contributed by atoms with van der Waals surface area (Å²) in [6.07, 6.45) is 40.8. The first-order valence-electron chi connectivity index (χ1n) is 39.5. The first-order valence-corrected chi connectivity index (χ1v) is 39.5. The number of carbonyl (C=O) groups is 2. The van der Waals surface area contributed by atoms with Crippen molar-refractivity contribution in [3.63, 3.8) is 0 Å². The van der Waals surface area contributed by atoms with Gasteiger partial charge in [-0.1, -0.05) is 272 Å². The van der Waals surface area contributed by atoms with Gasteiger partial charge in [-0.2, -0.15) is 10.5 Å². The van der Waals surface area contributed by atoms with Crippen LogP contribution in [0.2, 0.25) is 0 Å². The minimum Gasteiger partial charge on any atom is -0.494 e. The molecule has 0 saturated heterocycles. The second-order valence-electron chi connectivity index (χ2n) is 30.6. The van der Waals surface area contributed by atoms with E-state index in [0.29, 0.717) is 48.3 Å². The number of pyridine rings is 2. The van der Waals surface area contributed by atoms with Gasteiger partial charge in [-0.15, -0.1) is 20.5 Å². The Kier molecular flexibility index (Phi) is 36.5. The number of unbranched alkanes of at least 4 members (excludes halogenated alkanes) is 22. The van der Waals surface area contributed by atoms with Crippen LogP contribution in [0.1, 0.15) is 330 Å². The van der Waals surface area contributed by atoms with Crippen LogP contribution in [-0.4, -0.2) is 43.5 Å². The summed E-state index contributed by atoms with van der Waals surface area (Å²) in [6, 6.07) is 17.7. The van der Waals surface area contributed by atoms with Crippen molar-refractivity contribution >= 4 is 34.7 Å². The SMILES string of the molecule is CCCCCCCCCC(CCCCCCCCn1c(O)c(C)c(C#N)c(N=Nc2ccccc2C(=O)OC2CC(C)CCC2C(C)C)c1=O)C(CCCCCCCCC)CCCCCCCCn1c(O)c(C)c(C#N)c(N=Nc2ccccc2C(=O)OC2CC(C)CCC2C(C)C)c1=O. The van der Waals surface area contributed by atoms with Crippen LogP contribution in [0.4, 0.5) is 22.7 Å². The fraction of sp³-hybridized carbons (Fsp3) is 0.690. The Balaban J connectivity index is 1.03. The smallest absolute Gasteiger partial charge is 0.340 e. The lowest BCUT2D eigenvalue weighted by Crippen LogP contribution is -2.35. The van der Waals surface area contributed by atoms with Crippen LogP contribution >= 0.6 is 0 Å². The predicted molar refractivity (Wildman–Crippen MR) is 403 cm³/mol. The molecule has 8 unspecified atom stereocenters. The van der Waals surface area contributed by atoms with Crippen molar-refractivity contribution in [2.24, 2.45) is 67.8 Å². The van der Waals surface area contributed by atoms with Gasteiger partial charge in [0, 0.05) is 24.2 Å². The Morgan fingerprint density at radius 1 is 0.480 bits per heavy atom. The van der Waals surface area contributed by atoms with E-state index in [1.807, 2.05) is 0 Å². The summed E-state index contributed by atoms with van der Waals surface area (Å²) in [5, 5.41) is 60.4. The molecule has 0 radical (unpaired) electrons. The molecule has 16 heteroatoms. The van der Waals surface area contributed by atoms with E-state index in [2.05, 4.69) is 88.0 Å². The molecule has 100 heavy (non-hydrogen) atoms. The first-order chi connectivity index (χ1) is 48.3. The van der Waals surface area contributed by atoms with E-state index in [1.165, 1.54) is 138 Å². The van der Waals surface area contributed by atoms with Gasteiger partial charge in [0.25, 0.3) is 11.1 Å². The van der Waals surface area contributed by atoms with Gasteiger partial charge >= 0.3 is 11.9 Å². The lowest BCUT2D eigenvalue weighted by molar-refractivity contribution is -0.0181. The second-order valence-corrected chi connectivity index (χ2v) is 30.6. The molecule has 2 N–H and O–H groups in total. The highest BCUT2D eigenvalue weighted by molar-refractivity contribution is 5.95. The maximum Gasteiger partial charge on any atom is 0.340 e. The highest BCUT2D eigenvalue weighted by Crippen LogP contribution is 2.40. The number of ether oxygens (including phenoxy) is 2. The van der Waals surface area contributed by atoms with Gasteiger partial charge in [-0.25, -0.2) is 9.59 Å². The van der Waals surface area contributed by atoms with E-state index >= 15 is 0 Å². The largest absolute Gasteiger partial charge is 0.494 e. The number of azo groups is 2. The van der Waals surface area contributed by atoms with Crippen LogP contribution < -0.4 is 11.1 Å². The number of hydrogen-bond donors (Lipinski definition) is 2. The quantitative estimate of drug-likeness (QED) is 0.0241. The van der Waals surface area contributed by atoms with Crippen molar-refractivity contribution in [3.05, 3.63) is 103 Å². The normalized spacial score (nSPS) is 18.6. The Morgan fingerprint density at radius 3 is 1.11 bits per heavy atom. The average Bonchev–Trinajstić information content (AvgIpc) is 0.791. The third-order valence-electron chi connectivity index (χ3n) is 22.2. The number of nitrogens with zero attached hydrogens (tertiary/aromatic N) is 8. The highest BCUT2D eigenvalue weighted by Gasteiger charge is 2.36. The molecule has 550 valence electrons. The van der Waals surface area contributed by atoms with E-state index in [9.17, 15) is 39.9 Å². The monoisotopic (exact) mass is 1370 g/mol. The van der Waals surface area contributed by atoms with Crippen LogP contribution in [-0.2, 0) is 22.6 Å². The topological polar surface area (TPSA) is 234 Å². The molecule has 6 rings (SSSR count). The van der Waals surface area contributed by atoms with Crippen LogP contribution in [0.3, 0.4) is 0 Å². The minimum atomic E-state index is -0.592. The molecule has 2 aliphatic carbocycles. The fourth-order valence-electron chi connectivity index (χ4n) is 15.8. The van der Waals surface area contributed by atoms with E-state index < -0.39 is 23.1 Å². The van der Waals surface area contributed by atoms with E-state index in [1.54, 1.807) is 62.4 Å². The zero-order chi connectivity index (χ0) is 72.3. The number of aromatic nitrogens is 2. The maximum absolute atomic E-state index is 14.1. The van der Waals surface area contributed by atoms with E-state index in [0.717, 1.165) is 89.9 Å². The number of esters is 2. The summed E-state index contributed by atoms with van der Waals surface area (Å²) in [5.74, 6) is 2.13. The number of carbonyl (C=O) groups excluding carboxylic acids is 2. The molecule has 8 atom stereocenters. The summed E-state index contributed by atoms with van der Waals surface area (Å²) >= 11 is 0. The van der Waals surface area contributed by atoms with Crippen molar-refractivity contribution in [2.45, 2.75) is 326 Å². The fourth-order valence-corrected chi connectivity index (χ4v) is 15.8. The van der Waals surface area contributed by atoms with Crippen molar-refractivity contribution in [3.8, 4) is 23.9 Å². The van der Waals surface area contributed by atoms with Gasteiger partial charge in [0.15, 0.2) is 23.1 Å². The average molecular weight is 1380 g/mol. The molecular weight excluding hydrogens is 1250 g/mol. The molecule has 16 nitrogen and oxygen atoms in total. The molecule has 0 bridgehead atoms. The van der Waals surface area contributed by atoms with E-state index in [4.69, 9.17) is 9.47 Å². The molecule has 4 aromatic rings. The standard InChI is InChI=1S/C84H126N8O8/c1-11-13-15-17-19-25-31-41-65(43-33-27-21-23-29-39-53-91-79(93)63(9)71(57-85)77(81(91)95)89-87-73-47-37-35-45-69(73)83(97)99-75-55-61(7)49-51-67(75)59(3)4)66(42-32-26-20-18-16-14-12-2)44-34-28-22-24-30-40-54-92-80(94)64(10)72(58-86)78(82(92)96)90-88-74-48-38-36-46-70(74)84(98)100-76-56-62(8)50-52-68(76)60(5)6/h35-38,45-48,59-62,65-68,75-76,93-94H,11-34,39-44,49-56H2,1-10H3. The summed E-state index contributed by atoms with van der Waals surface area (Å²) < 4.78 is 14.9.